The van der Waals surface area contributed by atoms with Gasteiger partial charge in [0.05, 0.1) is 5.02 Å². The third kappa shape index (κ3) is 5.67. The van der Waals surface area contributed by atoms with Crippen LogP contribution in [0.2, 0.25) is 5.02 Å². The number of pyridine rings is 1. The first kappa shape index (κ1) is 23.6. The van der Waals surface area contributed by atoms with Crippen LogP contribution in [0.25, 0.3) is 0 Å². The molecule has 0 unspecified atom stereocenters. The van der Waals surface area contributed by atoms with E-state index in [0.717, 1.165) is 63.1 Å². The largest absolute Gasteiger partial charge is 0.357 e. The van der Waals surface area contributed by atoms with E-state index in [0.29, 0.717) is 18.1 Å². The molecule has 4 rings (SSSR count). The molecule has 0 N–H and O–H groups in total. The van der Waals surface area contributed by atoms with Gasteiger partial charge in [-0.2, -0.15) is 0 Å². The van der Waals surface area contributed by atoms with Gasteiger partial charge in [0.15, 0.2) is 0 Å². The topological polar surface area (TPSA) is 56.8 Å². The number of amides is 2. The fraction of sp³-hybridized carbons (Fsp3) is 0.500. The maximum absolute atomic E-state index is 13.5. The number of benzene rings is 1. The second kappa shape index (κ2) is 11.0. The molecule has 1 aromatic carbocycles. The maximum Gasteiger partial charge on any atom is 0.253 e. The molecule has 2 saturated heterocycles. The lowest BCUT2D eigenvalue weighted by Crippen LogP contribution is -2.51. The Labute approximate surface area is 201 Å². The van der Waals surface area contributed by atoms with Gasteiger partial charge in [-0.05, 0) is 56.4 Å². The molecule has 2 aromatic rings. The van der Waals surface area contributed by atoms with Crippen molar-refractivity contribution in [1.29, 1.82) is 0 Å². The minimum Gasteiger partial charge on any atom is -0.357 e. The normalized spacial score (nSPS) is 17.8. The Balaban J connectivity index is 1.32. The predicted octanol–water partition coefficient (Wildman–Crippen LogP) is 4.49. The summed E-state index contributed by atoms with van der Waals surface area (Å²) >= 11 is 5.96. The van der Waals surface area contributed by atoms with Gasteiger partial charge in [0.25, 0.3) is 5.91 Å². The molecule has 0 atom stereocenters. The van der Waals surface area contributed by atoms with Crippen molar-refractivity contribution in [2.45, 2.75) is 45.1 Å². The van der Waals surface area contributed by atoms with E-state index in [4.69, 9.17) is 11.6 Å². The highest BCUT2D eigenvalue weighted by molar-refractivity contribution is 6.30. The molecule has 176 valence electrons. The summed E-state index contributed by atoms with van der Waals surface area (Å²) in [6.45, 7) is 5.97. The average molecular weight is 469 g/mol. The molecule has 3 heterocycles. The number of carbonyl (C=O) groups excluding carboxylic acids is 2. The molecule has 0 bridgehead atoms. The third-order valence-electron chi connectivity index (χ3n) is 6.84. The number of hydrogen-bond acceptors (Lipinski definition) is 4. The van der Waals surface area contributed by atoms with E-state index >= 15 is 0 Å². The summed E-state index contributed by atoms with van der Waals surface area (Å²) in [4.78, 5) is 37.0. The zero-order chi connectivity index (χ0) is 23.2. The van der Waals surface area contributed by atoms with Crippen molar-refractivity contribution < 1.29 is 9.59 Å². The molecule has 2 fully saturated rings. The SMILES string of the molecule is CCCN(C(=O)C1CCN(c2ccc(Cl)cn2)CC1)C1CCN(C(=O)c2ccccc2)CC1. The number of carbonyl (C=O) groups is 2. The van der Waals surface area contributed by atoms with Gasteiger partial charge in [-0.3, -0.25) is 9.59 Å². The van der Waals surface area contributed by atoms with Crippen LogP contribution in [0.1, 0.15) is 49.4 Å². The van der Waals surface area contributed by atoms with Crippen molar-refractivity contribution in [3.8, 4) is 0 Å². The Morgan fingerprint density at radius 2 is 1.70 bits per heavy atom. The fourth-order valence-corrected chi connectivity index (χ4v) is 5.11. The fourth-order valence-electron chi connectivity index (χ4n) is 5.00. The molecule has 0 radical (unpaired) electrons. The molecule has 2 aliphatic rings. The van der Waals surface area contributed by atoms with Crippen molar-refractivity contribution >= 4 is 29.2 Å². The Morgan fingerprint density at radius 1 is 1.00 bits per heavy atom. The molecule has 2 aliphatic heterocycles. The number of anilines is 1. The van der Waals surface area contributed by atoms with Gasteiger partial charge in [0.2, 0.25) is 5.91 Å². The van der Waals surface area contributed by atoms with Crippen molar-refractivity contribution in [3.63, 3.8) is 0 Å². The first-order valence-corrected chi connectivity index (χ1v) is 12.5. The number of aromatic nitrogens is 1. The lowest BCUT2D eigenvalue weighted by molar-refractivity contribution is -0.139. The van der Waals surface area contributed by atoms with Crippen LogP contribution in [-0.4, -0.2) is 65.4 Å². The van der Waals surface area contributed by atoms with E-state index in [2.05, 4.69) is 21.7 Å². The summed E-state index contributed by atoms with van der Waals surface area (Å²) in [7, 11) is 0. The van der Waals surface area contributed by atoms with Crippen molar-refractivity contribution in [1.82, 2.24) is 14.8 Å². The van der Waals surface area contributed by atoms with Crippen LogP contribution in [0.5, 0.6) is 0 Å². The summed E-state index contributed by atoms with van der Waals surface area (Å²) in [6, 6.07) is 13.5. The second-order valence-corrected chi connectivity index (χ2v) is 9.45. The quantitative estimate of drug-likeness (QED) is 0.626. The highest BCUT2D eigenvalue weighted by Gasteiger charge is 2.34. The summed E-state index contributed by atoms with van der Waals surface area (Å²) in [6.07, 6.45) is 5.99. The van der Waals surface area contributed by atoms with E-state index in [-0.39, 0.29) is 23.8 Å². The molecular weight excluding hydrogens is 436 g/mol. The Bertz CT molecular complexity index is 921. The van der Waals surface area contributed by atoms with Crippen molar-refractivity contribution in [3.05, 3.63) is 59.2 Å². The smallest absolute Gasteiger partial charge is 0.253 e. The standard InChI is InChI=1S/C26H33ClN4O2/c1-2-14-31(23-12-17-30(18-13-23)25(32)20-6-4-3-5-7-20)26(33)21-10-15-29(16-11-21)24-9-8-22(27)19-28-24/h3-9,19,21,23H,2,10-18H2,1H3. The molecule has 6 nitrogen and oxygen atoms in total. The molecule has 7 heteroatoms. The maximum atomic E-state index is 13.5. The van der Waals surface area contributed by atoms with E-state index < -0.39 is 0 Å². The molecule has 0 spiro atoms. The number of hydrogen-bond donors (Lipinski definition) is 0. The third-order valence-corrected chi connectivity index (χ3v) is 7.06. The minimum atomic E-state index is 0.0593. The highest BCUT2D eigenvalue weighted by atomic mass is 35.5. The molecule has 0 aliphatic carbocycles. The van der Waals surface area contributed by atoms with Crippen LogP contribution >= 0.6 is 11.6 Å². The van der Waals surface area contributed by atoms with Gasteiger partial charge >= 0.3 is 0 Å². The average Bonchev–Trinajstić information content (AvgIpc) is 2.88. The number of rotatable bonds is 6. The number of piperidine rings is 2. The predicted molar refractivity (Wildman–Crippen MR) is 132 cm³/mol. The van der Waals surface area contributed by atoms with Gasteiger partial charge in [-0.1, -0.05) is 36.7 Å². The van der Waals surface area contributed by atoms with Crippen LogP contribution in [0.3, 0.4) is 0 Å². The Hall–Kier alpha value is -2.60. The highest BCUT2D eigenvalue weighted by Crippen LogP contribution is 2.27. The van der Waals surface area contributed by atoms with Gasteiger partial charge in [0, 0.05) is 56.4 Å². The zero-order valence-corrected chi connectivity index (χ0v) is 20.1. The van der Waals surface area contributed by atoms with Gasteiger partial charge in [-0.15, -0.1) is 0 Å². The van der Waals surface area contributed by atoms with E-state index in [1.807, 2.05) is 47.4 Å². The molecule has 1 aromatic heterocycles. The molecule has 33 heavy (non-hydrogen) atoms. The van der Waals surface area contributed by atoms with Crippen LogP contribution < -0.4 is 4.90 Å². The summed E-state index contributed by atoms with van der Waals surface area (Å²) in [5, 5.41) is 0.635. The monoisotopic (exact) mass is 468 g/mol. The zero-order valence-electron chi connectivity index (χ0n) is 19.3. The van der Waals surface area contributed by atoms with Gasteiger partial charge < -0.3 is 14.7 Å². The summed E-state index contributed by atoms with van der Waals surface area (Å²) in [5.74, 6) is 1.36. The van der Waals surface area contributed by atoms with Crippen LogP contribution in [-0.2, 0) is 4.79 Å². The Kier molecular flexibility index (Phi) is 7.86. The number of halogens is 1. The lowest BCUT2D eigenvalue weighted by atomic mass is 9.93. The van der Waals surface area contributed by atoms with E-state index in [1.54, 1.807) is 6.20 Å². The number of likely N-dealkylation sites (tertiary alicyclic amines) is 1. The molecular formula is C26H33ClN4O2. The first-order valence-electron chi connectivity index (χ1n) is 12.1. The van der Waals surface area contributed by atoms with E-state index in [9.17, 15) is 9.59 Å². The van der Waals surface area contributed by atoms with Crippen LogP contribution in [0.15, 0.2) is 48.7 Å². The van der Waals surface area contributed by atoms with Gasteiger partial charge in [0.1, 0.15) is 5.82 Å². The van der Waals surface area contributed by atoms with E-state index in [1.165, 1.54) is 0 Å². The first-order chi connectivity index (χ1) is 16.1. The second-order valence-electron chi connectivity index (χ2n) is 9.02. The van der Waals surface area contributed by atoms with Gasteiger partial charge in [-0.25, -0.2) is 4.98 Å². The van der Waals surface area contributed by atoms with Crippen LogP contribution in [0, 0.1) is 5.92 Å². The van der Waals surface area contributed by atoms with Crippen LogP contribution in [0.4, 0.5) is 5.82 Å². The van der Waals surface area contributed by atoms with Crippen molar-refractivity contribution in [2.75, 3.05) is 37.6 Å². The van der Waals surface area contributed by atoms with Crippen molar-refractivity contribution in [2.24, 2.45) is 5.92 Å². The summed E-state index contributed by atoms with van der Waals surface area (Å²) in [5.41, 5.74) is 0.736. The Morgan fingerprint density at radius 3 is 2.30 bits per heavy atom. The number of nitrogens with zero attached hydrogens (tertiary/aromatic N) is 4. The molecule has 2 amide bonds. The lowest BCUT2D eigenvalue weighted by Gasteiger charge is -2.41. The summed E-state index contributed by atoms with van der Waals surface area (Å²) < 4.78 is 0. The molecule has 0 saturated carbocycles. The minimum absolute atomic E-state index is 0.0593.